The quantitative estimate of drug-likeness (QED) is 0.0322. The van der Waals surface area contributed by atoms with Gasteiger partial charge in [-0.25, -0.2) is 0 Å². The zero-order valence-electron chi connectivity index (χ0n) is 39.8. The van der Waals surface area contributed by atoms with E-state index in [9.17, 15) is 19.8 Å². The van der Waals surface area contributed by atoms with Crippen LogP contribution in [-0.2, 0) is 14.3 Å². The van der Waals surface area contributed by atoms with E-state index in [1.807, 2.05) is 0 Å². The molecule has 0 aliphatic rings. The third-order valence-electron chi connectivity index (χ3n) is 11.6. The number of allylic oxidation sites excluding steroid dienone is 8. The Balaban J connectivity index is 4.54. The maximum absolute atomic E-state index is 13.2. The summed E-state index contributed by atoms with van der Waals surface area (Å²) in [4.78, 5) is 26.1. The van der Waals surface area contributed by atoms with Crippen LogP contribution < -0.4 is 5.32 Å². The molecule has 0 rings (SSSR count). The van der Waals surface area contributed by atoms with Crippen molar-refractivity contribution in [1.82, 2.24) is 5.32 Å². The molecule has 0 radical (unpaired) electrons. The number of carbonyl (C=O) groups excluding carboxylic acids is 2. The maximum atomic E-state index is 13.2. The largest absolute Gasteiger partial charge is 0.462 e. The van der Waals surface area contributed by atoms with Crippen LogP contribution in [0.2, 0.25) is 0 Å². The predicted molar refractivity (Wildman–Crippen MR) is 259 cm³/mol. The molecule has 0 saturated heterocycles. The summed E-state index contributed by atoms with van der Waals surface area (Å²) in [5.41, 5.74) is 0. The molecule has 350 valence electrons. The molecular weight excluding hydrogens is 743 g/mol. The lowest BCUT2D eigenvalue weighted by atomic mass is 10.0. The summed E-state index contributed by atoms with van der Waals surface area (Å²) in [6.45, 7) is 6.36. The van der Waals surface area contributed by atoms with Crippen LogP contribution in [0.1, 0.15) is 258 Å². The molecule has 3 unspecified atom stereocenters. The zero-order valence-corrected chi connectivity index (χ0v) is 39.8. The van der Waals surface area contributed by atoms with E-state index in [-0.39, 0.29) is 24.9 Å². The molecule has 0 aromatic heterocycles. The molecule has 60 heavy (non-hydrogen) atoms. The van der Waals surface area contributed by atoms with Crippen LogP contribution in [0.4, 0.5) is 0 Å². The summed E-state index contributed by atoms with van der Waals surface area (Å²) >= 11 is 0. The van der Waals surface area contributed by atoms with Crippen molar-refractivity contribution in [3.05, 3.63) is 48.6 Å². The first-order chi connectivity index (χ1) is 29.5. The number of carbonyl (C=O) groups is 2. The average molecular weight is 842 g/mol. The van der Waals surface area contributed by atoms with E-state index >= 15 is 0 Å². The average Bonchev–Trinajstić information content (AvgIpc) is 3.24. The number of unbranched alkanes of at least 4 members (excludes halogenated alkanes) is 26. The third kappa shape index (κ3) is 42.5. The van der Waals surface area contributed by atoms with Crippen molar-refractivity contribution >= 4 is 11.9 Å². The van der Waals surface area contributed by atoms with Gasteiger partial charge in [0.25, 0.3) is 0 Å². The van der Waals surface area contributed by atoms with Crippen LogP contribution >= 0.6 is 0 Å². The molecule has 0 aromatic carbocycles. The second-order valence-corrected chi connectivity index (χ2v) is 17.5. The van der Waals surface area contributed by atoms with E-state index in [2.05, 4.69) is 74.7 Å². The first-order valence-corrected chi connectivity index (χ1v) is 25.9. The Morgan fingerprint density at radius 1 is 0.500 bits per heavy atom. The molecule has 0 aromatic rings. The van der Waals surface area contributed by atoms with Gasteiger partial charge in [0, 0.05) is 6.42 Å². The number of hydrogen-bond donors (Lipinski definition) is 3. The van der Waals surface area contributed by atoms with Gasteiger partial charge < -0.3 is 20.3 Å². The highest BCUT2D eigenvalue weighted by molar-refractivity contribution is 5.77. The number of rotatable bonds is 46. The van der Waals surface area contributed by atoms with Crippen LogP contribution in [0.3, 0.4) is 0 Å². The summed E-state index contributed by atoms with van der Waals surface area (Å²) in [5.74, 6) is -0.525. The van der Waals surface area contributed by atoms with Gasteiger partial charge >= 0.3 is 5.97 Å². The summed E-state index contributed by atoms with van der Waals surface area (Å²) in [5, 5.41) is 23.8. The number of aliphatic hydroxyl groups is 2. The molecule has 0 fully saturated rings. The molecule has 0 saturated carbocycles. The molecule has 6 heteroatoms. The van der Waals surface area contributed by atoms with E-state index in [4.69, 9.17) is 4.74 Å². The Morgan fingerprint density at radius 2 is 0.917 bits per heavy atom. The fourth-order valence-electron chi connectivity index (χ4n) is 7.74. The number of aliphatic hydroxyl groups excluding tert-OH is 2. The van der Waals surface area contributed by atoms with Gasteiger partial charge in [-0.2, -0.15) is 0 Å². The first-order valence-electron chi connectivity index (χ1n) is 25.9. The lowest BCUT2D eigenvalue weighted by molar-refractivity contribution is -0.151. The summed E-state index contributed by atoms with van der Waals surface area (Å²) in [7, 11) is 0. The van der Waals surface area contributed by atoms with Crippen molar-refractivity contribution in [2.75, 3.05) is 6.61 Å². The SMILES string of the molecule is CC/C=C/C/C=C/C/C=C/CCCCCCC(=O)OC(CCC/C=C\CCCCCCCC)CC(=O)NC(CO)C(O)CCCCCCCCCCCCCCCCCC. The van der Waals surface area contributed by atoms with Crippen LogP contribution in [0, 0.1) is 0 Å². The van der Waals surface area contributed by atoms with Gasteiger partial charge in [-0.1, -0.05) is 217 Å². The maximum Gasteiger partial charge on any atom is 0.306 e. The minimum atomic E-state index is -0.798. The van der Waals surface area contributed by atoms with E-state index in [0.717, 1.165) is 89.9 Å². The molecule has 0 aliphatic carbocycles. The molecule has 1 amide bonds. The molecule has 0 bridgehead atoms. The van der Waals surface area contributed by atoms with Crippen LogP contribution in [0.15, 0.2) is 48.6 Å². The van der Waals surface area contributed by atoms with Crippen molar-refractivity contribution in [1.29, 1.82) is 0 Å². The van der Waals surface area contributed by atoms with Gasteiger partial charge in [0.1, 0.15) is 6.10 Å². The highest BCUT2D eigenvalue weighted by atomic mass is 16.5. The topological polar surface area (TPSA) is 95.9 Å². The Kier molecular flexibility index (Phi) is 46.1. The Labute approximate surface area is 372 Å². The molecule has 3 atom stereocenters. The molecule has 0 heterocycles. The molecule has 0 aliphatic heterocycles. The lowest BCUT2D eigenvalue weighted by Crippen LogP contribution is -2.46. The Bertz CT molecular complexity index is 1040. The van der Waals surface area contributed by atoms with Crippen molar-refractivity contribution in [3.8, 4) is 0 Å². The fraction of sp³-hybridized carbons (Fsp3) is 0.815. The van der Waals surface area contributed by atoms with E-state index in [1.54, 1.807) is 0 Å². The smallest absolute Gasteiger partial charge is 0.306 e. The minimum Gasteiger partial charge on any atom is -0.462 e. The van der Waals surface area contributed by atoms with Gasteiger partial charge in [-0.15, -0.1) is 0 Å². The van der Waals surface area contributed by atoms with E-state index < -0.39 is 18.2 Å². The first kappa shape index (κ1) is 57.8. The van der Waals surface area contributed by atoms with Gasteiger partial charge in [0.05, 0.1) is 25.2 Å². The lowest BCUT2D eigenvalue weighted by Gasteiger charge is -2.24. The fourth-order valence-corrected chi connectivity index (χ4v) is 7.74. The highest BCUT2D eigenvalue weighted by Gasteiger charge is 2.24. The normalized spacial score (nSPS) is 13.6. The number of amides is 1. The van der Waals surface area contributed by atoms with Crippen molar-refractivity contribution in [2.24, 2.45) is 0 Å². The summed E-state index contributed by atoms with van der Waals surface area (Å²) in [6, 6.07) is -0.714. The van der Waals surface area contributed by atoms with Gasteiger partial charge in [-0.05, 0) is 77.0 Å². The second-order valence-electron chi connectivity index (χ2n) is 17.5. The number of nitrogens with one attached hydrogen (secondary N) is 1. The Hall–Kier alpha value is -2.18. The molecule has 6 nitrogen and oxygen atoms in total. The predicted octanol–water partition coefficient (Wildman–Crippen LogP) is 15.5. The number of ether oxygens (including phenoxy) is 1. The molecule has 3 N–H and O–H groups in total. The van der Waals surface area contributed by atoms with Crippen LogP contribution in [-0.4, -0.2) is 46.9 Å². The highest BCUT2D eigenvalue weighted by Crippen LogP contribution is 2.17. The van der Waals surface area contributed by atoms with Crippen LogP contribution in [0.5, 0.6) is 0 Å². The van der Waals surface area contributed by atoms with Gasteiger partial charge in [-0.3, -0.25) is 9.59 Å². The third-order valence-corrected chi connectivity index (χ3v) is 11.6. The standard InChI is InChI=1S/C54H99NO5/c1-4-7-10-13-16-19-22-24-26-27-28-31-34-37-40-43-46-52(57)51(49-56)55-53(58)48-50(45-42-39-36-33-30-21-18-15-12-9-6-3)60-54(59)47-44-41-38-35-32-29-25-23-20-17-14-11-8-5-2/h8,11,17,20,25,29,33,36,50-52,56-57H,4-7,9-10,12-16,18-19,21-24,26-28,30-32,34-35,37-49H2,1-3H3,(H,55,58)/b11-8+,20-17+,29-25+,36-33-. The number of hydrogen-bond acceptors (Lipinski definition) is 5. The second kappa shape index (κ2) is 47.9. The Morgan fingerprint density at radius 3 is 1.42 bits per heavy atom. The van der Waals surface area contributed by atoms with Crippen LogP contribution in [0.25, 0.3) is 0 Å². The molecule has 0 spiro atoms. The monoisotopic (exact) mass is 842 g/mol. The minimum absolute atomic E-state index is 0.0481. The van der Waals surface area contributed by atoms with E-state index in [0.29, 0.717) is 19.3 Å². The zero-order chi connectivity index (χ0) is 43.8. The molecular formula is C54H99NO5. The van der Waals surface area contributed by atoms with Crippen molar-refractivity contribution in [2.45, 2.75) is 277 Å². The summed E-state index contributed by atoms with van der Waals surface area (Å²) in [6.07, 6.45) is 57.5. The van der Waals surface area contributed by atoms with Gasteiger partial charge in [0.2, 0.25) is 5.91 Å². The van der Waals surface area contributed by atoms with Crippen molar-refractivity contribution < 1.29 is 24.5 Å². The van der Waals surface area contributed by atoms with Gasteiger partial charge in [0.15, 0.2) is 0 Å². The van der Waals surface area contributed by atoms with Crippen molar-refractivity contribution in [3.63, 3.8) is 0 Å². The summed E-state index contributed by atoms with van der Waals surface area (Å²) < 4.78 is 5.90. The number of esters is 1. The van der Waals surface area contributed by atoms with E-state index in [1.165, 1.54) is 122 Å².